The lowest BCUT2D eigenvalue weighted by atomic mass is 10.3. The Morgan fingerprint density at radius 2 is 2.20 bits per heavy atom. The molecule has 0 aliphatic heterocycles. The van der Waals surface area contributed by atoms with Gasteiger partial charge in [-0.25, -0.2) is 0 Å². The number of carbonyl (C=O) groups excluding carboxylic acids is 1. The fraction of sp³-hybridized carbons (Fsp3) is 0.667. The molecule has 1 aromatic rings. The van der Waals surface area contributed by atoms with Crippen LogP contribution >= 0.6 is 11.8 Å². The molecular weight excluding hydrogens is 212 g/mol. The van der Waals surface area contributed by atoms with Crippen LogP contribution in [0.2, 0.25) is 0 Å². The highest BCUT2D eigenvalue weighted by atomic mass is 32.2. The monoisotopic (exact) mass is 228 g/mol. The van der Waals surface area contributed by atoms with Crippen LogP contribution in [0.4, 0.5) is 0 Å². The lowest BCUT2D eigenvalue weighted by molar-refractivity contribution is -0.120. The largest absolute Gasteiger partial charge is 0.353 e. The molecule has 1 aromatic heterocycles. The number of hydrogen-bond acceptors (Lipinski definition) is 4. The van der Waals surface area contributed by atoms with E-state index in [4.69, 9.17) is 0 Å². The van der Waals surface area contributed by atoms with Crippen molar-refractivity contribution in [3.8, 4) is 0 Å². The molecule has 0 fully saturated rings. The van der Waals surface area contributed by atoms with E-state index in [0.717, 1.165) is 5.16 Å². The van der Waals surface area contributed by atoms with Gasteiger partial charge in [-0.2, -0.15) is 0 Å². The lowest BCUT2D eigenvalue weighted by Crippen LogP contribution is -2.36. The number of rotatable bonds is 4. The zero-order chi connectivity index (χ0) is 11.4. The van der Waals surface area contributed by atoms with E-state index in [9.17, 15) is 4.79 Å². The van der Waals surface area contributed by atoms with Crippen LogP contribution in [0, 0.1) is 0 Å². The van der Waals surface area contributed by atoms with E-state index in [-0.39, 0.29) is 17.2 Å². The summed E-state index contributed by atoms with van der Waals surface area (Å²) in [5, 5.41) is 11.1. The van der Waals surface area contributed by atoms with Gasteiger partial charge in [0.05, 0.1) is 5.25 Å². The van der Waals surface area contributed by atoms with Crippen LogP contribution < -0.4 is 5.32 Å². The molecule has 0 aromatic carbocycles. The van der Waals surface area contributed by atoms with Crippen molar-refractivity contribution in [2.75, 3.05) is 0 Å². The molecule has 1 atom stereocenters. The van der Waals surface area contributed by atoms with E-state index >= 15 is 0 Å². The minimum atomic E-state index is -0.157. The number of aromatic nitrogens is 3. The Morgan fingerprint density at radius 1 is 1.53 bits per heavy atom. The van der Waals surface area contributed by atoms with Gasteiger partial charge in [-0.05, 0) is 20.8 Å². The zero-order valence-electron chi connectivity index (χ0n) is 9.39. The van der Waals surface area contributed by atoms with Gasteiger partial charge in [0.1, 0.15) is 6.33 Å². The topological polar surface area (TPSA) is 59.8 Å². The molecule has 6 heteroatoms. The first-order valence-corrected chi connectivity index (χ1v) is 5.69. The predicted octanol–water partition coefficient (Wildman–Crippen LogP) is 0.820. The van der Waals surface area contributed by atoms with Gasteiger partial charge in [0.15, 0.2) is 5.16 Å². The minimum absolute atomic E-state index is 0.0259. The van der Waals surface area contributed by atoms with Gasteiger partial charge < -0.3 is 9.88 Å². The maximum Gasteiger partial charge on any atom is 0.233 e. The van der Waals surface area contributed by atoms with Crippen LogP contribution in [-0.4, -0.2) is 32.0 Å². The third-order valence-electron chi connectivity index (χ3n) is 1.75. The number of nitrogens with one attached hydrogen (secondary N) is 1. The van der Waals surface area contributed by atoms with E-state index < -0.39 is 0 Å². The SMILES string of the molecule is CC(C)NC(=O)C(C)Sc1nncn1C. The van der Waals surface area contributed by atoms with Crippen LogP contribution in [0.15, 0.2) is 11.5 Å². The number of amides is 1. The molecule has 5 nitrogen and oxygen atoms in total. The number of hydrogen-bond donors (Lipinski definition) is 1. The molecule has 0 saturated carbocycles. The molecule has 0 radical (unpaired) electrons. The van der Waals surface area contributed by atoms with Gasteiger partial charge in [-0.1, -0.05) is 11.8 Å². The lowest BCUT2D eigenvalue weighted by Gasteiger charge is -2.13. The summed E-state index contributed by atoms with van der Waals surface area (Å²) < 4.78 is 1.80. The first-order valence-electron chi connectivity index (χ1n) is 4.81. The van der Waals surface area contributed by atoms with E-state index in [1.54, 1.807) is 10.9 Å². The second kappa shape index (κ2) is 5.16. The van der Waals surface area contributed by atoms with Crippen molar-refractivity contribution in [1.29, 1.82) is 0 Å². The Hall–Kier alpha value is -1.04. The summed E-state index contributed by atoms with van der Waals surface area (Å²) in [6, 6.07) is 0.167. The maximum absolute atomic E-state index is 11.6. The third kappa shape index (κ3) is 3.54. The standard InChI is InChI=1S/C9H16N4OS/c1-6(2)11-8(14)7(3)15-9-12-10-5-13(9)4/h5-7H,1-4H3,(H,11,14). The predicted molar refractivity (Wildman–Crippen MR) is 59.6 cm³/mol. The van der Waals surface area contributed by atoms with Gasteiger partial charge in [0.25, 0.3) is 0 Å². The Labute approximate surface area is 93.6 Å². The molecule has 1 rings (SSSR count). The third-order valence-corrected chi connectivity index (χ3v) is 2.90. The minimum Gasteiger partial charge on any atom is -0.353 e. The highest BCUT2D eigenvalue weighted by Crippen LogP contribution is 2.19. The van der Waals surface area contributed by atoms with Crippen molar-refractivity contribution in [3.63, 3.8) is 0 Å². The Balaban J connectivity index is 2.52. The summed E-state index contributed by atoms with van der Waals surface area (Å²) in [5.74, 6) is 0.0259. The molecule has 1 unspecified atom stereocenters. The summed E-state index contributed by atoms with van der Waals surface area (Å²) >= 11 is 1.40. The molecule has 1 amide bonds. The molecule has 0 aliphatic rings. The average Bonchev–Trinajstić information content (AvgIpc) is 2.50. The molecule has 84 valence electrons. The van der Waals surface area contributed by atoms with Gasteiger partial charge in [0, 0.05) is 13.1 Å². The molecule has 1 N–H and O–H groups in total. The second-order valence-electron chi connectivity index (χ2n) is 3.65. The highest BCUT2D eigenvalue weighted by Gasteiger charge is 2.17. The number of nitrogens with zero attached hydrogens (tertiary/aromatic N) is 3. The van der Waals surface area contributed by atoms with Crippen LogP contribution in [-0.2, 0) is 11.8 Å². The van der Waals surface area contributed by atoms with Crippen LogP contribution in [0.5, 0.6) is 0 Å². The molecule has 0 aliphatic carbocycles. The molecule has 0 spiro atoms. The molecule has 15 heavy (non-hydrogen) atoms. The van der Waals surface area contributed by atoms with E-state index in [1.807, 2.05) is 27.8 Å². The van der Waals surface area contributed by atoms with Gasteiger partial charge in [-0.15, -0.1) is 10.2 Å². The fourth-order valence-electron chi connectivity index (χ4n) is 0.993. The van der Waals surface area contributed by atoms with Crippen molar-refractivity contribution in [1.82, 2.24) is 20.1 Å². The second-order valence-corrected chi connectivity index (χ2v) is 4.96. The molecule has 1 heterocycles. The maximum atomic E-state index is 11.6. The average molecular weight is 228 g/mol. The quantitative estimate of drug-likeness (QED) is 0.775. The first kappa shape index (κ1) is 12.0. The Kier molecular flexibility index (Phi) is 4.14. The Morgan fingerprint density at radius 3 is 2.67 bits per heavy atom. The van der Waals surface area contributed by atoms with E-state index in [1.165, 1.54) is 11.8 Å². The van der Waals surface area contributed by atoms with Crippen LogP contribution in [0.3, 0.4) is 0 Å². The first-order chi connectivity index (χ1) is 7.00. The number of aryl methyl sites for hydroxylation is 1. The van der Waals surface area contributed by atoms with Gasteiger partial charge in [0.2, 0.25) is 5.91 Å². The van der Waals surface area contributed by atoms with Crippen molar-refractivity contribution in [2.24, 2.45) is 7.05 Å². The van der Waals surface area contributed by atoms with Crippen LogP contribution in [0.25, 0.3) is 0 Å². The summed E-state index contributed by atoms with van der Waals surface area (Å²) in [7, 11) is 1.86. The van der Waals surface area contributed by atoms with E-state index in [2.05, 4.69) is 15.5 Å². The molecule has 0 bridgehead atoms. The summed E-state index contributed by atoms with van der Waals surface area (Å²) in [6.07, 6.45) is 1.62. The van der Waals surface area contributed by atoms with Gasteiger partial charge in [-0.3, -0.25) is 4.79 Å². The summed E-state index contributed by atoms with van der Waals surface area (Å²) in [4.78, 5) is 11.6. The smallest absolute Gasteiger partial charge is 0.233 e. The molecular formula is C9H16N4OS. The highest BCUT2D eigenvalue weighted by molar-refractivity contribution is 8.00. The van der Waals surface area contributed by atoms with E-state index in [0.29, 0.717) is 0 Å². The van der Waals surface area contributed by atoms with Crippen molar-refractivity contribution < 1.29 is 4.79 Å². The molecule has 0 saturated heterocycles. The zero-order valence-corrected chi connectivity index (χ0v) is 10.2. The van der Waals surface area contributed by atoms with Gasteiger partial charge >= 0.3 is 0 Å². The van der Waals surface area contributed by atoms with Crippen LogP contribution in [0.1, 0.15) is 20.8 Å². The normalized spacial score (nSPS) is 12.9. The summed E-state index contributed by atoms with van der Waals surface area (Å²) in [6.45, 7) is 5.74. The van der Waals surface area contributed by atoms with Crippen molar-refractivity contribution in [2.45, 2.75) is 37.2 Å². The fourth-order valence-corrected chi connectivity index (χ4v) is 1.79. The number of carbonyl (C=O) groups is 1. The van der Waals surface area contributed by atoms with Crippen molar-refractivity contribution >= 4 is 17.7 Å². The summed E-state index contributed by atoms with van der Waals surface area (Å²) in [5.41, 5.74) is 0. The Bertz CT molecular complexity index is 337. The van der Waals surface area contributed by atoms with Crippen molar-refractivity contribution in [3.05, 3.63) is 6.33 Å². The number of thioether (sulfide) groups is 1.